The summed E-state index contributed by atoms with van der Waals surface area (Å²) < 4.78 is 4.69. The fraction of sp³-hybridized carbons (Fsp3) is 0.286. The lowest BCUT2D eigenvalue weighted by molar-refractivity contribution is -0.116. The number of ether oxygens (including phenoxy) is 1. The largest absolute Gasteiger partial charge is 0.465 e. The zero-order chi connectivity index (χ0) is 14.0. The molecule has 0 unspecified atom stereocenters. The highest BCUT2D eigenvalue weighted by Gasteiger charge is 2.30. The Morgan fingerprint density at radius 1 is 1.53 bits per heavy atom. The van der Waals surface area contributed by atoms with E-state index in [9.17, 15) is 9.59 Å². The Balaban J connectivity index is 2.48. The summed E-state index contributed by atoms with van der Waals surface area (Å²) in [6.07, 6.45) is 2.12. The van der Waals surface area contributed by atoms with E-state index < -0.39 is 5.97 Å². The van der Waals surface area contributed by atoms with Crippen molar-refractivity contribution in [2.45, 2.75) is 13.3 Å². The second-order valence-corrected chi connectivity index (χ2v) is 4.42. The van der Waals surface area contributed by atoms with E-state index in [0.717, 1.165) is 5.56 Å². The first kappa shape index (κ1) is 13.6. The molecule has 1 heterocycles. The van der Waals surface area contributed by atoms with Crippen molar-refractivity contribution in [2.24, 2.45) is 0 Å². The molecule has 0 saturated carbocycles. The van der Waals surface area contributed by atoms with Crippen LogP contribution in [-0.4, -0.2) is 24.9 Å². The van der Waals surface area contributed by atoms with Crippen molar-refractivity contribution in [2.75, 3.05) is 17.9 Å². The summed E-state index contributed by atoms with van der Waals surface area (Å²) in [6.45, 7) is 1.83. The minimum absolute atomic E-state index is 0.0363. The highest BCUT2D eigenvalue weighted by atomic mass is 35.5. The number of rotatable bonds is 3. The fourth-order valence-corrected chi connectivity index (χ4v) is 2.40. The van der Waals surface area contributed by atoms with Crippen LogP contribution in [0.25, 0.3) is 0 Å². The van der Waals surface area contributed by atoms with E-state index in [-0.39, 0.29) is 11.8 Å². The number of hydrogen-bond donors (Lipinski definition) is 0. The van der Waals surface area contributed by atoms with E-state index in [2.05, 4.69) is 4.74 Å². The average molecular weight is 280 g/mol. The van der Waals surface area contributed by atoms with E-state index in [4.69, 9.17) is 11.6 Å². The highest BCUT2D eigenvalue weighted by molar-refractivity contribution is 6.20. The number of alkyl halides is 1. The number of nitrogens with zero attached hydrogens (tertiary/aromatic N) is 1. The maximum absolute atomic E-state index is 12.1. The van der Waals surface area contributed by atoms with E-state index in [0.29, 0.717) is 23.4 Å². The molecule has 0 fully saturated rings. The molecule has 1 aromatic rings. The molecular weight excluding hydrogens is 266 g/mol. The third kappa shape index (κ3) is 2.36. The van der Waals surface area contributed by atoms with Crippen molar-refractivity contribution in [3.8, 4) is 0 Å². The van der Waals surface area contributed by atoms with Crippen molar-refractivity contribution in [1.82, 2.24) is 0 Å². The van der Waals surface area contributed by atoms with Gasteiger partial charge in [0.25, 0.3) is 0 Å². The van der Waals surface area contributed by atoms with Crippen LogP contribution in [0.2, 0.25) is 0 Å². The standard InChI is InChI=1S/C14H14ClNO3/c1-3-11(8-15)16-12-6-10(14(18)19-2)5-4-9(12)7-13(16)17/h3-6H,7-8H2,1-2H3/b11-3+. The molecule has 0 atom stereocenters. The first-order valence-electron chi connectivity index (χ1n) is 5.87. The zero-order valence-electron chi connectivity index (χ0n) is 10.8. The summed E-state index contributed by atoms with van der Waals surface area (Å²) in [7, 11) is 1.33. The van der Waals surface area contributed by atoms with Gasteiger partial charge < -0.3 is 4.74 Å². The number of anilines is 1. The Kier molecular flexibility index (Phi) is 3.90. The van der Waals surface area contributed by atoms with E-state index in [1.54, 1.807) is 29.2 Å². The second-order valence-electron chi connectivity index (χ2n) is 4.15. The number of hydrogen-bond acceptors (Lipinski definition) is 3. The Morgan fingerprint density at radius 3 is 2.84 bits per heavy atom. The molecule has 1 aliphatic heterocycles. The van der Waals surface area contributed by atoms with Gasteiger partial charge in [-0.15, -0.1) is 11.6 Å². The minimum atomic E-state index is -0.421. The van der Waals surface area contributed by atoms with Gasteiger partial charge in [0.05, 0.1) is 30.7 Å². The first-order chi connectivity index (χ1) is 9.12. The van der Waals surface area contributed by atoms with Crippen molar-refractivity contribution in [3.63, 3.8) is 0 Å². The topological polar surface area (TPSA) is 46.6 Å². The van der Waals surface area contributed by atoms with Crippen LogP contribution in [0.15, 0.2) is 30.0 Å². The quantitative estimate of drug-likeness (QED) is 0.631. The number of methoxy groups -OCH3 is 1. The normalized spacial score (nSPS) is 14.6. The van der Waals surface area contributed by atoms with Gasteiger partial charge in [0.15, 0.2) is 0 Å². The number of halogens is 1. The smallest absolute Gasteiger partial charge is 0.337 e. The molecule has 0 spiro atoms. The van der Waals surface area contributed by atoms with Gasteiger partial charge in [0.1, 0.15) is 0 Å². The fourth-order valence-electron chi connectivity index (χ4n) is 2.12. The van der Waals surface area contributed by atoms with Gasteiger partial charge in [0.2, 0.25) is 5.91 Å². The van der Waals surface area contributed by atoms with E-state index in [1.807, 2.05) is 6.92 Å². The van der Waals surface area contributed by atoms with Crippen molar-refractivity contribution < 1.29 is 14.3 Å². The zero-order valence-corrected chi connectivity index (χ0v) is 11.5. The van der Waals surface area contributed by atoms with Crippen molar-refractivity contribution in [3.05, 3.63) is 41.1 Å². The van der Waals surface area contributed by atoms with Crippen LogP contribution < -0.4 is 4.90 Å². The molecular formula is C14H14ClNO3. The molecule has 1 aliphatic rings. The van der Waals surface area contributed by atoms with Gasteiger partial charge in [-0.25, -0.2) is 4.79 Å². The van der Waals surface area contributed by atoms with Crippen LogP contribution in [0.1, 0.15) is 22.8 Å². The Labute approximate surface area is 116 Å². The first-order valence-corrected chi connectivity index (χ1v) is 6.41. The molecule has 0 aromatic heterocycles. The molecule has 1 amide bonds. The van der Waals surface area contributed by atoms with Crippen LogP contribution >= 0.6 is 11.6 Å². The van der Waals surface area contributed by atoms with Gasteiger partial charge in [0, 0.05) is 5.70 Å². The van der Waals surface area contributed by atoms with Crippen molar-refractivity contribution in [1.29, 1.82) is 0 Å². The van der Waals surface area contributed by atoms with Crippen LogP contribution in [0.5, 0.6) is 0 Å². The van der Waals surface area contributed by atoms with Crippen LogP contribution in [0, 0.1) is 0 Å². The van der Waals surface area contributed by atoms with E-state index >= 15 is 0 Å². The molecule has 19 heavy (non-hydrogen) atoms. The summed E-state index contributed by atoms with van der Waals surface area (Å²) in [4.78, 5) is 25.2. The second kappa shape index (κ2) is 5.45. The number of allylic oxidation sites excluding steroid dienone is 2. The van der Waals surface area contributed by atoms with E-state index in [1.165, 1.54) is 7.11 Å². The third-order valence-electron chi connectivity index (χ3n) is 3.10. The van der Waals surface area contributed by atoms with Gasteiger partial charge in [-0.05, 0) is 24.6 Å². The molecule has 0 N–H and O–H groups in total. The average Bonchev–Trinajstić information content (AvgIpc) is 2.75. The third-order valence-corrected chi connectivity index (χ3v) is 3.37. The van der Waals surface area contributed by atoms with Gasteiger partial charge in [-0.1, -0.05) is 12.1 Å². The Hall–Kier alpha value is -1.81. The predicted octanol–water partition coefficient (Wildman–Crippen LogP) is 2.50. The summed E-state index contributed by atoms with van der Waals surface area (Å²) >= 11 is 5.86. The molecule has 1 aromatic carbocycles. The molecule has 0 aliphatic carbocycles. The number of fused-ring (bicyclic) bond motifs is 1. The minimum Gasteiger partial charge on any atom is -0.465 e. The van der Waals surface area contributed by atoms with Gasteiger partial charge in [-0.2, -0.15) is 0 Å². The molecule has 0 saturated heterocycles. The number of benzene rings is 1. The van der Waals surface area contributed by atoms with Gasteiger partial charge in [-0.3, -0.25) is 9.69 Å². The molecule has 100 valence electrons. The highest BCUT2D eigenvalue weighted by Crippen LogP contribution is 2.33. The van der Waals surface area contributed by atoms with Crippen LogP contribution in [-0.2, 0) is 16.0 Å². The maximum atomic E-state index is 12.1. The van der Waals surface area contributed by atoms with Crippen LogP contribution in [0.3, 0.4) is 0 Å². The summed E-state index contributed by atoms with van der Waals surface area (Å²) in [6, 6.07) is 5.11. The van der Waals surface area contributed by atoms with Crippen molar-refractivity contribution >= 4 is 29.2 Å². The summed E-state index contributed by atoms with van der Waals surface area (Å²) in [5.74, 6) is -0.217. The molecule has 0 bridgehead atoms. The molecule has 2 rings (SSSR count). The monoisotopic (exact) mass is 279 g/mol. The summed E-state index contributed by atoms with van der Waals surface area (Å²) in [5, 5.41) is 0. The molecule has 4 nitrogen and oxygen atoms in total. The Bertz CT molecular complexity index is 566. The van der Waals surface area contributed by atoms with Crippen LogP contribution in [0.4, 0.5) is 5.69 Å². The number of carbonyl (C=O) groups is 2. The maximum Gasteiger partial charge on any atom is 0.337 e. The number of carbonyl (C=O) groups excluding carboxylic acids is 2. The molecule has 0 radical (unpaired) electrons. The Morgan fingerprint density at radius 2 is 2.26 bits per heavy atom. The lowest BCUT2D eigenvalue weighted by Gasteiger charge is -2.19. The number of amides is 1. The lowest BCUT2D eigenvalue weighted by atomic mass is 10.1. The number of esters is 1. The van der Waals surface area contributed by atoms with Gasteiger partial charge >= 0.3 is 5.97 Å². The molecule has 5 heteroatoms. The SMILES string of the molecule is C/C=C(\CCl)N1C(=O)Cc2ccc(C(=O)OC)cc21. The predicted molar refractivity (Wildman–Crippen MR) is 73.4 cm³/mol. The lowest BCUT2D eigenvalue weighted by Crippen LogP contribution is -2.26. The summed E-state index contributed by atoms with van der Waals surface area (Å²) in [5.41, 5.74) is 2.74.